The fraction of sp³-hybridized carbons (Fsp3) is 0.214. The van der Waals surface area contributed by atoms with Gasteiger partial charge in [0, 0.05) is 24.1 Å². The number of nitrogens with two attached hydrogens (primary N) is 1. The third kappa shape index (κ3) is 4.33. The van der Waals surface area contributed by atoms with Gasteiger partial charge in [0.2, 0.25) is 5.88 Å². The summed E-state index contributed by atoms with van der Waals surface area (Å²) in [4.78, 5) is 22.2. The summed E-state index contributed by atoms with van der Waals surface area (Å²) in [7, 11) is 0. The monoisotopic (exact) mass is 477 g/mol. The Hall–Kier alpha value is -4.82. The van der Waals surface area contributed by atoms with Gasteiger partial charge in [-0.05, 0) is 54.8 Å². The van der Waals surface area contributed by atoms with Gasteiger partial charge in [-0.3, -0.25) is 4.79 Å². The first kappa shape index (κ1) is 22.9. The number of carbonyl (C=O) groups excluding carboxylic acids is 1. The number of benzene rings is 2. The number of likely N-dealkylation sites (tertiary alicyclic amines) is 1. The molecular formula is C28H23N5O3. The summed E-state index contributed by atoms with van der Waals surface area (Å²) in [6, 6.07) is 16.5. The molecule has 1 spiro atoms. The topological polar surface area (TPSA) is 114 Å². The molecule has 178 valence electrons. The highest BCUT2D eigenvalue weighted by molar-refractivity contribution is 5.97. The molecule has 1 saturated carbocycles. The lowest BCUT2D eigenvalue weighted by molar-refractivity contribution is -0.156. The van der Waals surface area contributed by atoms with Crippen molar-refractivity contribution in [3.8, 4) is 46.9 Å². The average Bonchev–Trinajstić information content (AvgIpc) is 2.85. The van der Waals surface area contributed by atoms with E-state index < -0.39 is 0 Å². The van der Waals surface area contributed by atoms with Crippen molar-refractivity contribution in [3.05, 3.63) is 72.6 Å². The molecule has 5 rings (SSSR count). The van der Waals surface area contributed by atoms with Crippen LogP contribution in [0, 0.1) is 29.1 Å². The van der Waals surface area contributed by atoms with Crippen molar-refractivity contribution in [2.75, 3.05) is 18.8 Å². The molecule has 2 fully saturated rings. The molecule has 1 aliphatic carbocycles. The molecule has 2 aromatic carbocycles. The van der Waals surface area contributed by atoms with E-state index in [0.29, 0.717) is 41.8 Å². The van der Waals surface area contributed by atoms with E-state index in [1.54, 1.807) is 4.90 Å². The molecule has 3 aromatic rings. The Balaban J connectivity index is 1.24. The molecule has 8 nitrogen and oxygen atoms in total. The maximum atomic E-state index is 12.1. The van der Waals surface area contributed by atoms with Gasteiger partial charge in [-0.1, -0.05) is 24.6 Å². The lowest BCUT2D eigenvalue weighted by atomic mass is 9.61. The van der Waals surface area contributed by atoms with Gasteiger partial charge in [0.1, 0.15) is 41.4 Å². The third-order valence-electron chi connectivity index (χ3n) is 6.57. The number of rotatable bonds is 6. The summed E-state index contributed by atoms with van der Waals surface area (Å²) in [5.74, 6) is 4.37. The third-order valence-corrected chi connectivity index (χ3v) is 6.57. The minimum Gasteiger partial charge on any atom is -0.474 e. The van der Waals surface area contributed by atoms with Crippen LogP contribution < -0.4 is 15.2 Å². The molecule has 2 aliphatic rings. The van der Waals surface area contributed by atoms with Crippen LogP contribution in [0.4, 0.5) is 5.82 Å². The molecule has 1 amide bonds. The highest BCUT2D eigenvalue weighted by Gasteiger charge is 2.55. The quantitative estimate of drug-likeness (QED) is 0.325. The molecule has 36 heavy (non-hydrogen) atoms. The van der Waals surface area contributed by atoms with Crippen molar-refractivity contribution < 1.29 is 14.3 Å². The fourth-order valence-corrected chi connectivity index (χ4v) is 4.74. The number of nitriles is 1. The number of terminal acetylenes is 1. The number of hydrogen-bond donors (Lipinski definition) is 1. The maximum Gasteiger partial charge on any atom is 0.263 e. The number of hydrogen-bond acceptors (Lipinski definition) is 7. The predicted molar refractivity (Wildman–Crippen MR) is 134 cm³/mol. The SMILES string of the molecule is C#Cc1ccc(Oc2ccc(-c3c(N)ncnc3OC3CC4(C3)CN(C(=O)C(=C)C#N)C4)cc2)cc1. The Morgan fingerprint density at radius 2 is 1.75 bits per heavy atom. The van der Waals surface area contributed by atoms with E-state index in [-0.39, 0.29) is 23.0 Å². The zero-order chi connectivity index (χ0) is 25.3. The summed E-state index contributed by atoms with van der Waals surface area (Å²) in [6.07, 6.45) is 8.34. The van der Waals surface area contributed by atoms with Gasteiger partial charge in [-0.2, -0.15) is 5.26 Å². The molecule has 0 unspecified atom stereocenters. The van der Waals surface area contributed by atoms with Crippen LogP contribution in [0.5, 0.6) is 17.4 Å². The van der Waals surface area contributed by atoms with Gasteiger partial charge in [0.05, 0.1) is 5.56 Å². The van der Waals surface area contributed by atoms with Gasteiger partial charge in [-0.25, -0.2) is 9.97 Å². The maximum absolute atomic E-state index is 12.1. The fourth-order valence-electron chi connectivity index (χ4n) is 4.74. The molecule has 2 N–H and O–H groups in total. The smallest absolute Gasteiger partial charge is 0.263 e. The normalized spacial score (nSPS) is 15.7. The number of aromatic nitrogens is 2. The standard InChI is InChI=1S/C28H23N5O3/c1-3-19-4-8-21(9-5-19)35-22-10-6-20(7-11-22)24-25(30)31-17-32-26(24)36-23-12-28(13-23)15-33(16-28)27(34)18(2)14-29/h1,4-11,17,23H,2,12-13,15-16H2,(H2,30,31,32). The first-order valence-corrected chi connectivity index (χ1v) is 11.4. The molecule has 0 atom stereocenters. The Morgan fingerprint density at radius 3 is 2.36 bits per heavy atom. The largest absolute Gasteiger partial charge is 0.474 e. The summed E-state index contributed by atoms with van der Waals surface area (Å²) in [5.41, 5.74) is 8.43. The second-order valence-corrected chi connectivity index (χ2v) is 9.13. The highest BCUT2D eigenvalue weighted by Crippen LogP contribution is 2.50. The molecule has 0 bridgehead atoms. The van der Waals surface area contributed by atoms with Crippen LogP contribution >= 0.6 is 0 Å². The van der Waals surface area contributed by atoms with Crippen molar-refractivity contribution >= 4 is 11.7 Å². The minimum absolute atomic E-state index is 0.0312. The van der Waals surface area contributed by atoms with E-state index >= 15 is 0 Å². The van der Waals surface area contributed by atoms with E-state index in [2.05, 4.69) is 22.5 Å². The zero-order valence-electron chi connectivity index (χ0n) is 19.5. The Kier molecular flexibility index (Phi) is 5.79. The van der Waals surface area contributed by atoms with Crippen molar-refractivity contribution in [1.82, 2.24) is 14.9 Å². The highest BCUT2D eigenvalue weighted by atomic mass is 16.5. The van der Waals surface area contributed by atoms with Gasteiger partial charge in [-0.15, -0.1) is 6.42 Å². The van der Waals surface area contributed by atoms with E-state index in [9.17, 15) is 4.79 Å². The van der Waals surface area contributed by atoms with Crippen molar-refractivity contribution in [2.45, 2.75) is 18.9 Å². The summed E-state index contributed by atoms with van der Waals surface area (Å²) < 4.78 is 12.1. The lowest BCUT2D eigenvalue weighted by Gasteiger charge is -2.58. The van der Waals surface area contributed by atoms with Gasteiger partial charge < -0.3 is 20.1 Å². The van der Waals surface area contributed by atoms with Crippen LogP contribution in [-0.4, -0.2) is 40.0 Å². The van der Waals surface area contributed by atoms with E-state index in [0.717, 1.165) is 24.0 Å². The van der Waals surface area contributed by atoms with Gasteiger partial charge in [0.25, 0.3) is 5.91 Å². The van der Waals surface area contributed by atoms with E-state index in [1.807, 2.05) is 54.6 Å². The number of nitrogen functional groups attached to an aromatic ring is 1. The number of amides is 1. The van der Waals surface area contributed by atoms with E-state index in [4.69, 9.17) is 26.9 Å². The first-order valence-electron chi connectivity index (χ1n) is 11.4. The molecule has 8 heteroatoms. The zero-order valence-corrected chi connectivity index (χ0v) is 19.5. The van der Waals surface area contributed by atoms with Crippen LogP contribution in [0.1, 0.15) is 18.4 Å². The Morgan fingerprint density at radius 1 is 1.11 bits per heavy atom. The van der Waals surface area contributed by atoms with Crippen molar-refractivity contribution in [2.24, 2.45) is 5.41 Å². The minimum atomic E-state index is -0.296. The van der Waals surface area contributed by atoms with Crippen LogP contribution in [0.2, 0.25) is 0 Å². The van der Waals surface area contributed by atoms with Crippen LogP contribution in [0.25, 0.3) is 11.1 Å². The number of ether oxygens (including phenoxy) is 2. The Labute approximate surface area is 209 Å². The van der Waals surface area contributed by atoms with Crippen LogP contribution in [-0.2, 0) is 4.79 Å². The lowest BCUT2D eigenvalue weighted by Crippen LogP contribution is -2.66. The number of carbonyl (C=O) groups is 1. The second-order valence-electron chi connectivity index (χ2n) is 9.13. The average molecular weight is 478 g/mol. The molecule has 0 radical (unpaired) electrons. The first-order chi connectivity index (χ1) is 17.4. The summed E-state index contributed by atoms with van der Waals surface area (Å²) >= 11 is 0. The summed E-state index contributed by atoms with van der Waals surface area (Å²) in [5, 5.41) is 8.87. The summed E-state index contributed by atoms with van der Waals surface area (Å²) in [6.45, 7) is 4.72. The van der Waals surface area contributed by atoms with Gasteiger partial charge >= 0.3 is 0 Å². The molecule has 1 aliphatic heterocycles. The van der Waals surface area contributed by atoms with Crippen LogP contribution in [0.15, 0.2) is 67.0 Å². The number of anilines is 1. The molecule has 1 aromatic heterocycles. The molecular weight excluding hydrogens is 454 g/mol. The van der Waals surface area contributed by atoms with Gasteiger partial charge in [0.15, 0.2) is 0 Å². The van der Waals surface area contributed by atoms with E-state index in [1.165, 1.54) is 6.33 Å². The van der Waals surface area contributed by atoms with Crippen LogP contribution in [0.3, 0.4) is 0 Å². The predicted octanol–water partition coefficient (Wildman–Crippen LogP) is 3.95. The Bertz CT molecular complexity index is 1400. The molecule has 1 saturated heterocycles. The number of nitrogens with zero attached hydrogens (tertiary/aromatic N) is 4. The molecule has 2 heterocycles. The second kappa shape index (κ2) is 9.09. The van der Waals surface area contributed by atoms with Crippen molar-refractivity contribution in [1.29, 1.82) is 5.26 Å². The van der Waals surface area contributed by atoms with Crippen molar-refractivity contribution in [3.63, 3.8) is 0 Å².